The summed E-state index contributed by atoms with van der Waals surface area (Å²) in [5, 5.41) is 10.5. The van der Waals surface area contributed by atoms with Crippen molar-refractivity contribution in [2.45, 2.75) is 4.34 Å². The van der Waals surface area contributed by atoms with E-state index in [1.165, 1.54) is 23.1 Å². The lowest BCUT2D eigenvalue weighted by Crippen LogP contribution is -2.13. The molecule has 4 rings (SSSR count). The first kappa shape index (κ1) is 20.4. The van der Waals surface area contributed by atoms with Gasteiger partial charge in [-0.2, -0.15) is 0 Å². The van der Waals surface area contributed by atoms with Crippen molar-refractivity contribution in [2.24, 2.45) is 0 Å². The van der Waals surface area contributed by atoms with Crippen molar-refractivity contribution in [1.29, 1.82) is 0 Å². The number of fused-ring (bicyclic) bond motifs is 1. The van der Waals surface area contributed by atoms with Crippen LogP contribution in [-0.4, -0.2) is 21.4 Å². The van der Waals surface area contributed by atoms with Crippen molar-refractivity contribution >= 4 is 80.9 Å². The fourth-order valence-electron chi connectivity index (χ4n) is 2.69. The predicted molar refractivity (Wildman–Crippen MR) is 126 cm³/mol. The van der Waals surface area contributed by atoms with Gasteiger partial charge in [0.1, 0.15) is 0 Å². The molecule has 1 aromatic heterocycles. The summed E-state index contributed by atoms with van der Waals surface area (Å²) in [6.45, 7) is 0. The Bertz CT molecular complexity index is 1270. The third-order valence-electron chi connectivity index (χ3n) is 4.04. The van der Waals surface area contributed by atoms with E-state index in [2.05, 4.69) is 10.4 Å². The number of carbonyl (C=O) groups is 1. The summed E-state index contributed by atoms with van der Waals surface area (Å²) in [6.07, 6.45) is 0. The number of carbonyl (C=O) groups excluding carboxylic acids is 1. The Labute approximate surface area is 190 Å². The van der Waals surface area contributed by atoms with E-state index in [9.17, 15) is 4.79 Å². The van der Waals surface area contributed by atoms with Gasteiger partial charge in [0.05, 0.1) is 21.5 Å². The van der Waals surface area contributed by atoms with Crippen molar-refractivity contribution in [3.05, 3.63) is 74.7 Å². The molecule has 1 amide bonds. The molecule has 0 aliphatic carbocycles. The molecule has 1 heterocycles. The third kappa shape index (κ3) is 4.82. The molecule has 0 bridgehead atoms. The van der Waals surface area contributed by atoms with Gasteiger partial charge < -0.3 is 5.32 Å². The molecule has 0 fully saturated rings. The van der Waals surface area contributed by atoms with Crippen LogP contribution in [0.4, 0.5) is 5.69 Å². The average molecular weight is 478 g/mol. The number of rotatable bonds is 5. The number of hydrogen-bond acceptors (Lipinski definition) is 5. The van der Waals surface area contributed by atoms with Crippen molar-refractivity contribution in [1.82, 2.24) is 9.78 Å². The molecule has 1 N–H and O–H groups in total. The van der Waals surface area contributed by atoms with Crippen LogP contribution < -0.4 is 5.32 Å². The van der Waals surface area contributed by atoms with Gasteiger partial charge >= 0.3 is 0 Å². The fraction of sp³-hybridized carbons (Fsp3) is 0.0500. The maximum Gasteiger partial charge on any atom is 0.234 e. The average Bonchev–Trinajstić information content (AvgIpc) is 3.09. The van der Waals surface area contributed by atoms with E-state index in [1.54, 1.807) is 22.9 Å². The second kappa shape index (κ2) is 8.85. The number of nitrogens with one attached hydrogen (secondary N) is 1. The molecule has 0 aliphatic rings. The lowest BCUT2D eigenvalue weighted by atomic mass is 10.1. The molecule has 146 valence electrons. The summed E-state index contributed by atoms with van der Waals surface area (Å²) in [7, 11) is 0. The Morgan fingerprint density at radius 2 is 1.86 bits per heavy atom. The van der Waals surface area contributed by atoms with Gasteiger partial charge in [0.2, 0.25) is 5.91 Å². The van der Waals surface area contributed by atoms with Gasteiger partial charge in [0.25, 0.3) is 0 Å². The van der Waals surface area contributed by atoms with Gasteiger partial charge in [-0.25, -0.2) is 4.68 Å². The highest BCUT2D eigenvalue weighted by atomic mass is 35.5. The molecular formula is C20H13Cl2N3OS3. The number of hydrogen-bond donors (Lipinski definition) is 1. The summed E-state index contributed by atoms with van der Waals surface area (Å²) in [4.78, 5) is 12.3. The monoisotopic (exact) mass is 477 g/mol. The van der Waals surface area contributed by atoms with Crippen LogP contribution in [0.3, 0.4) is 0 Å². The zero-order chi connectivity index (χ0) is 20.4. The highest BCUT2D eigenvalue weighted by Crippen LogP contribution is 2.28. The summed E-state index contributed by atoms with van der Waals surface area (Å²) in [6, 6.07) is 19.1. The minimum atomic E-state index is -0.104. The largest absolute Gasteiger partial charge is 0.325 e. The molecule has 29 heavy (non-hydrogen) atoms. The van der Waals surface area contributed by atoms with Gasteiger partial charge in [-0.05, 0) is 53.3 Å². The Balaban J connectivity index is 1.42. The first-order valence-corrected chi connectivity index (χ1v) is 11.4. The van der Waals surface area contributed by atoms with Gasteiger partial charge in [-0.15, -0.1) is 5.10 Å². The quantitative estimate of drug-likeness (QED) is 0.252. The first-order chi connectivity index (χ1) is 14.0. The molecule has 9 heteroatoms. The highest BCUT2D eigenvalue weighted by molar-refractivity contribution is 8.01. The smallest absolute Gasteiger partial charge is 0.234 e. The van der Waals surface area contributed by atoms with Crippen molar-refractivity contribution < 1.29 is 4.79 Å². The van der Waals surface area contributed by atoms with E-state index in [-0.39, 0.29) is 11.7 Å². The second-order valence-corrected chi connectivity index (χ2v) is 9.70. The van der Waals surface area contributed by atoms with Crippen LogP contribution in [-0.2, 0) is 4.79 Å². The van der Waals surface area contributed by atoms with Crippen molar-refractivity contribution in [3.63, 3.8) is 0 Å². The highest BCUT2D eigenvalue weighted by Gasteiger charge is 2.11. The molecule has 3 aromatic carbocycles. The van der Waals surface area contributed by atoms with Crippen LogP contribution in [0, 0.1) is 3.95 Å². The number of anilines is 1. The SMILES string of the molecule is O=C(CSc1nn(-c2ccc(Cl)c(Cl)c2)c(=S)s1)Nc1ccc2ccccc2c1. The second-order valence-electron chi connectivity index (χ2n) is 6.04. The Kier molecular flexibility index (Phi) is 6.22. The van der Waals surface area contributed by atoms with E-state index in [0.717, 1.165) is 22.1 Å². The van der Waals surface area contributed by atoms with Crippen LogP contribution in [0.2, 0.25) is 10.0 Å². The third-order valence-corrected chi connectivity index (χ3v) is 7.14. The minimum Gasteiger partial charge on any atom is -0.325 e. The van der Waals surface area contributed by atoms with E-state index in [1.807, 2.05) is 42.5 Å². The standard InChI is InChI=1S/C20H13Cl2N3OS3/c21-16-8-7-15(10-17(16)22)25-20(27)29-19(24-25)28-11-18(26)23-14-6-5-12-3-1-2-4-13(12)9-14/h1-10H,11H2,(H,23,26). The Morgan fingerprint density at radius 3 is 2.66 bits per heavy atom. The molecule has 4 aromatic rings. The maximum absolute atomic E-state index is 12.3. The zero-order valence-corrected chi connectivity index (χ0v) is 18.7. The Hall–Kier alpha value is -1.90. The first-order valence-electron chi connectivity index (χ1n) is 8.47. The predicted octanol–water partition coefficient (Wildman–Crippen LogP) is 6.85. The summed E-state index contributed by atoms with van der Waals surface area (Å²) < 4.78 is 2.89. The number of thioether (sulfide) groups is 1. The molecule has 0 radical (unpaired) electrons. The number of aromatic nitrogens is 2. The van der Waals surface area contributed by atoms with E-state index in [4.69, 9.17) is 35.4 Å². The lowest BCUT2D eigenvalue weighted by Gasteiger charge is -2.06. The van der Waals surface area contributed by atoms with Gasteiger partial charge in [0.15, 0.2) is 8.29 Å². The fourth-order valence-corrected chi connectivity index (χ4v) is 5.14. The summed E-state index contributed by atoms with van der Waals surface area (Å²) in [5.41, 5.74) is 1.50. The van der Waals surface area contributed by atoms with Crippen LogP contribution in [0.15, 0.2) is 65.0 Å². The van der Waals surface area contributed by atoms with E-state index < -0.39 is 0 Å². The summed E-state index contributed by atoms with van der Waals surface area (Å²) >= 11 is 20.1. The molecule has 0 unspecified atom stereocenters. The zero-order valence-electron chi connectivity index (χ0n) is 14.8. The van der Waals surface area contributed by atoms with Crippen molar-refractivity contribution in [3.8, 4) is 5.69 Å². The van der Waals surface area contributed by atoms with Crippen LogP contribution in [0.25, 0.3) is 16.5 Å². The molecular weight excluding hydrogens is 465 g/mol. The number of benzene rings is 3. The molecule has 0 aliphatic heterocycles. The van der Waals surface area contributed by atoms with Gasteiger partial charge in [-0.3, -0.25) is 4.79 Å². The van der Waals surface area contributed by atoms with Crippen LogP contribution in [0.1, 0.15) is 0 Å². The number of nitrogens with zero attached hydrogens (tertiary/aromatic N) is 2. The number of amides is 1. The van der Waals surface area contributed by atoms with E-state index >= 15 is 0 Å². The van der Waals surface area contributed by atoms with Crippen LogP contribution in [0.5, 0.6) is 0 Å². The molecule has 0 saturated heterocycles. The normalized spacial score (nSPS) is 11.0. The molecule has 0 atom stereocenters. The van der Waals surface area contributed by atoms with Crippen LogP contribution >= 0.6 is 58.5 Å². The summed E-state index contributed by atoms with van der Waals surface area (Å²) in [5.74, 6) is 0.128. The van der Waals surface area contributed by atoms with Crippen molar-refractivity contribution in [2.75, 3.05) is 11.1 Å². The number of halogens is 2. The topological polar surface area (TPSA) is 46.9 Å². The van der Waals surface area contributed by atoms with E-state index in [0.29, 0.717) is 18.3 Å². The maximum atomic E-state index is 12.3. The molecule has 0 spiro atoms. The minimum absolute atomic E-state index is 0.104. The molecule has 0 saturated carbocycles. The Morgan fingerprint density at radius 1 is 1.07 bits per heavy atom. The lowest BCUT2D eigenvalue weighted by molar-refractivity contribution is -0.113. The van der Waals surface area contributed by atoms with Gasteiger partial charge in [0, 0.05) is 5.69 Å². The van der Waals surface area contributed by atoms with Gasteiger partial charge in [-0.1, -0.05) is 76.6 Å². The molecule has 4 nitrogen and oxygen atoms in total.